The number of hydrogen-bond donors (Lipinski definition) is 0. The molecule has 0 N–H and O–H groups in total. The Kier molecular flexibility index (Phi) is 3.92. The minimum absolute atomic E-state index is 0.132. The average Bonchev–Trinajstić information content (AvgIpc) is 2.92. The standard InChI is InChI=1S/C14H16N4OS/c19-14(12-4-10-20-11-12)18-7-2-6-17(8-9-18)13-3-1-5-15-16-13/h1,3-5,10-11H,2,6-9H2. The quantitative estimate of drug-likeness (QED) is 0.847. The molecule has 5 nitrogen and oxygen atoms in total. The second kappa shape index (κ2) is 6.00. The first kappa shape index (κ1) is 13.1. The van der Waals surface area contributed by atoms with Crippen molar-refractivity contribution in [2.45, 2.75) is 6.42 Å². The summed E-state index contributed by atoms with van der Waals surface area (Å²) >= 11 is 1.56. The van der Waals surface area contributed by atoms with Crippen LogP contribution in [0.4, 0.5) is 5.82 Å². The minimum Gasteiger partial charge on any atom is -0.353 e. The second-order valence-electron chi connectivity index (χ2n) is 4.73. The molecule has 3 heterocycles. The van der Waals surface area contributed by atoms with Gasteiger partial charge in [0, 0.05) is 37.8 Å². The molecule has 0 unspecified atom stereocenters. The fourth-order valence-corrected chi connectivity index (χ4v) is 3.01. The van der Waals surface area contributed by atoms with Gasteiger partial charge >= 0.3 is 0 Å². The predicted octanol–water partition coefficient (Wildman–Crippen LogP) is 1.89. The SMILES string of the molecule is O=C(c1ccsc1)N1CCCN(c2cccnn2)CC1. The number of rotatable bonds is 2. The van der Waals surface area contributed by atoms with E-state index in [1.165, 1.54) is 0 Å². The van der Waals surface area contributed by atoms with Gasteiger partial charge in [-0.2, -0.15) is 16.4 Å². The molecule has 6 heteroatoms. The lowest BCUT2D eigenvalue weighted by molar-refractivity contribution is 0.0767. The maximum absolute atomic E-state index is 12.3. The third-order valence-corrected chi connectivity index (χ3v) is 4.12. The fourth-order valence-electron chi connectivity index (χ4n) is 2.38. The van der Waals surface area contributed by atoms with Gasteiger partial charge in [-0.25, -0.2) is 0 Å². The number of carbonyl (C=O) groups is 1. The summed E-state index contributed by atoms with van der Waals surface area (Å²) in [6, 6.07) is 5.74. The Morgan fingerprint density at radius 2 is 2.15 bits per heavy atom. The Labute approximate surface area is 121 Å². The Balaban J connectivity index is 1.67. The Hall–Kier alpha value is -1.95. The van der Waals surface area contributed by atoms with Gasteiger partial charge in [-0.05, 0) is 30.0 Å². The minimum atomic E-state index is 0.132. The van der Waals surface area contributed by atoms with E-state index in [2.05, 4.69) is 15.1 Å². The van der Waals surface area contributed by atoms with Crippen LogP contribution in [0.25, 0.3) is 0 Å². The molecular formula is C14H16N4OS. The molecule has 1 fully saturated rings. The van der Waals surface area contributed by atoms with Crippen molar-refractivity contribution in [3.8, 4) is 0 Å². The van der Waals surface area contributed by atoms with Gasteiger partial charge in [0.1, 0.15) is 0 Å². The molecule has 1 aliphatic rings. The third kappa shape index (κ3) is 2.80. The lowest BCUT2D eigenvalue weighted by atomic mass is 10.3. The van der Waals surface area contributed by atoms with Crippen molar-refractivity contribution in [2.24, 2.45) is 0 Å². The predicted molar refractivity (Wildman–Crippen MR) is 79.1 cm³/mol. The van der Waals surface area contributed by atoms with Gasteiger partial charge in [0.15, 0.2) is 5.82 Å². The van der Waals surface area contributed by atoms with Crippen LogP contribution in [0.3, 0.4) is 0 Å². The summed E-state index contributed by atoms with van der Waals surface area (Å²) in [5, 5.41) is 11.9. The van der Waals surface area contributed by atoms with E-state index in [4.69, 9.17) is 0 Å². The van der Waals surface area contributed by atoms with Crippen molar-refractivity contribution < 1.29 is 4.79 Å². The zero-order chi connectivity index (χ0) is 13.8. The van der Waals surface area contributed by atoms with Crippen LogP contribution in [0, 0.1) is 0 Å². The maximum Gasteiger partial charge on any atom is 0.254 e. The first-order valence-electron chi connectivity index (χ1n) is 6.69. The zero-order valence-corrected chi connectivity index (χ0v) is 11.9. The summed E-state index contributed by atoms with van der Waals surface area (Å²) in [6.07, 6.45) is 2.63. The molecule has 0 bridgehead atoms. The molecular weight excluding hydrogens is 272 g/mol. The van der Waals surface area contributed by atoms with E-state index < -0.39 is 0 Å². The smallest absolute Gasteiger partial charge is 0.254 e. The molecule has 1 amide bonds. The van der Waals surface area contributed by atoms with Crippen LogP contribution in [0.1, 0.15) is 16.8 Å². The highest BCUT2D eigenvalue weighted by atomic mass is 32.1. The van der Waals surface area contributed by atoms with Crippen molar-refractivity contribution in [2.75, 3.05) is 31.1 Å². The van der Waals surface area contributed by atoms with Gasteiger partial charge in [0.2, 0.25) is 0 Å². The van der Waals surface area contributed by atoms with Crippen LogP contribution >= 0.6 is 11.3 Å². The van der Waals surface area contributed by atoms with E-state index in [1.54, 1.807) is 17.5 Å². The van der Waals surface area contributed by atoms with E-state index in [-0.39, 0.29) is 5.91 Å². The number of carbonyl (C=O) groups excluding carboxylic acids is 1. The molecule has 2 aromatic heterocycles. The van der Waals surface area contributed by atoms with Crippen LogP contribution in [0.5, 0.6) is 0 Å². The normalized spacial score (nSPS) is 16.0. The fraction of sp³-hybridized carbons (Fsp3) is 0.357. The van der Waals surface area contributed by atoms with Gasteiger partial charge in [0.25, 0.3) is 5.91 Å². The largest absolute Gasteiger partial charge is 0.353 e. The lowest BCUT2D eigenvalue weighted by Gasteiger charge is -2.22. The molecule has 20 heavy (non-hydrogen) atoms. The molecule has 3 rings (SSSR count). The van der Waals surface area contributed by atoms with Crippen molar-refractivity contribution in [1.82, 2.24) is 15.1 Å². The van der Waals surface area contributed by atoms with E-state index >= 15 is 0 Å². The van der Waals surface area contributed by atoms with Gasteiger partial charge < -0.3 is 9.80 Å². The van der Waals surface area contributed by atoms with E-state index in [1.807, 2.05) is 33.9 Å². The van der Waals surface area contributed by atoms with Crippen molar-refractivity contribution >= 4 is 23.1 Å². The number of nitrogens with zero attached hydrogens (tertiary/aromatic N) is 4. The van der Waals surface area contributed by atoms with Gasteiger partial charge in [-0.15, -0.1) is 5.10 Å². The van der Waals surface area contributed by atoms with E-state index in [0.717, 1.165) is 44.0 Å². The van der Waals surface area contributed by atoms with Gasteiger partial charge in [0.05, 0.1) is 5.56 Å². The van der Waals surface area contributed by atoms with Crippen LogP contribution in [0.15, 0.2) is 35.2 Å². The van der Waals surface area contributed by atoms with Gasteiger partial charge in [-0.3, -0.25) is 4.79 Å². The summed E-state index contributed by atoms with van der Waals surface area (Å²) in [5.41, 5.74) is 0.794. The monoisotopic (exact) mass is 288 g/mol. The Morgan fingerprint density at radius 1 is 1.20 bits per heavy atom. The first-order chi connectivity index (χ1) is 9.84. The molecule has 1 saturated heterocycles. The van der Waals surface area contributed by atoms with Crippen LogP contribution in [-0.2, 0) is 0 Å². The highest BCUT2D eigenvalue weighted by Gasteiger charge is 2.21. The molecule has 1 aliphatic heterocycles. The summed E-state index contributed by atoms with van der Waals surface area (Å²) < 4.78 is 0. The number of anilines is 1. The third-order valence-electron chi connectivity index (χ3n) is 3.43. The molecule has 0 aromatic carbocycles. The lowest BCUT2D eigenvalue weighted by Crippen LogP contribution is -2.35. The Bertz CT molecular complexity index is 558. The van der Waals surface area contributed by atoms with Crippen LogP contribution in [-0.4, -0.2) is 47.2 Å². The molecule has 0 radical (unpaired) electrons. The summed E-state index contributed by atoms with van der Waals surface area (Å²) in [4.78, 5) is 16.5. The molecule has 0 aliphatic carbocycles. The number of aromatic nitrogens is 2. The number of hydrogen-bond acceptors (Lipinski definition) is 5. The summed E-state index contributed by atoms with van der Waals surface area (Å²) in [6.45, 7) is 3.23. The van der Waals surface area contributed by atoms with E-state index in [9.17, 15) is 4.79 Å². The maximum atomic E-state index is 12.3. The second-order valence-corrected chi connectivity index (χ2v) is 5.51. The molecule has 104 valence electrons. The molecule has 0 saturated carbocycles. The highest BCUT2D eigenvalue weighted by Crippen LogP contribution is 2.15. The van der Waals surface area contributed by atoms with Gasteiger partial charge in [-0.1, -0.05) is 0 Å². The molecule has 0 atom stereocenters. The zero-order valence-electron chi connectivity index (χ0n) is 11.1. The number of amides is 1. The van der Waals surface area contributed by atoms with Crippen molar-refractivity contribution in [3.63, 3.8) is 0 Å². The van der Waals surface area contributed by atoms with Crippen LogP contribution < -0.4 is 4.90 Å². The van der Waals surface area contributed by atoms with Crippen molar-refractivity contribution in [3.05, 3.63) is 40.7 Å². The van der Waals surface area contributed by atoms with Crippen molar-refractivity contribution in [1.29, 1.82) is 0 Å². The average molecular weight is 288 g/mol. The first-order valence-corrected chi connectivity index (χ1v) is 7.63. The Morgan fingerprint density at radius 3 is 2.90 bits per heavy atom. The number of thiophene rings is 1. The summed E-state index contributed by atoms with van der Waals surface area (Å²) in [5.74, 6) is 1.02. The molecule has 2 aromatic rings. The van der Waals surface area contributed by atoms with Crippen LogP contribution in [0.2, 0.25) is 0 Å². The molecule has 0 spiro atoms. The summed E-state index contributed by atoms with van der Waals surface area (Å²) in [7, 11) is 0. The van der Waals surface area contributed by atoms with E-state index in [0.29, 0.717) is 0 Å². The topological polar surface area (TPSA) is 49.3 Å². The highest BCUT2D eigenvalue weighted by molar-refractivity contribution is 7.08.